The minimum Gasteiger partial charge on any atom is -0.469 e. The first-order valence-corrected chi connectivity index (χ1v) is 9.05. The Morgan fingerprint density at radius 3 is 3.05 bits per heavy atom. The Morgan fingerprint density at radius 1 is 1.50 bits per heavy atom. The largest absolute Gasteiger partial charge is 0.469 e. The lowest BCUT2D eigenvalue weighted by Crippen LogP contribution is -2.48. The van der Waals surface area contributed by atoms with Crippen LogP contribution in [-0.4, -0.2) is 48.0 Å². The van der Waals surface area contributed by atoms with Gasteiger partial charge in [0.2, 0.25) is 0 Å². The molecule has 1 fully saturated rings. The molecule has 0 aromatic carbocycles. The lowest BCUT2D eigenvalue weighted by Gasteiger charge is -2.34. The zero-order valence-corrected chi connectivity index (χ0v) is 16.7. The maximum Gasteiger partial charge on any atom is 0.193 e. The lowest BCUT2D eigenvalue weighted by molar-refractivity contribution is 0.406. The maximum atomic E-state index is 5.38. The summed E-state index contributed by atoms with van der Waals surface area (Å²) in [6.07, 6.45) is 4.95. The van der Waals surface area contributed by atoms with E-state index in [0.29, 0.717) is 0 Å². The van der Waals surface area contributed by atoms with Gasteiger partial charge in [-0.05, 0) is 25.0 Å². The van der Waals surface area contributed by atoms with Crippen LogP contribution in [0, 0.1) is 0 Å². The van der Waals surface area contributed by atoms with Crippen molar-refractivity contribution in [2.24, 2.45) is 4.99 Å². The number of rotatable bonds is 6. The number of nitrogens with one attached hydrogen (secondary N) is 1. The van der Waals surface area contributed by atoms with Gasteiger partial charge in [-0.1, -0.05) is 13.8 Å². The highest BCUT2D eigenvalue weighted by Crippen LogP contribution is 2.21. The van der Waals surface area contributed by atoms with Gasteiger partial charge in [-0.15, -0.1) is 24.0 Å². The van der Waals surface area contributed by atoms with E-state index in [9.17, 15) is 0 Å². The standard InChI is InChI=1S/C16H27N3OS.HI/c1-3-8-17-16(18-9-7-14-6-5-11-20-14)19-10-12-21-15(4-2)13-19;/h5-6,11,15H,3-4,7-10,12-13H2,1-2H3,(H,17,18);1H. The van der Waals surface area contributed by atoms with Crippen LogP contribution in [0.1, 0.15) is 32.4 Å². The molecule has 2 heterocycles. The normalized spacial score (nSPS) is 18.9. The predicted molar refractivity (Wildman–Crippen MR) is 107 cm³/mol. The molecule has 22 heavy (non-hydrogen) atoms. The second-order valence-corrected chi connectivity index (χ2v) is 6.72. The molecule has 0 saturated carbocycles. The number of halogens is 1. The van der Waals surface area contributed by atoms with Gasteiger partial charge in [0.05, 0.1) is 6.26 Å². The Hall–Kier alpha value is -0.370. The van der Waals surface area contributed by atoms with Gasteiger partial charge < -0.3 is 14.6 Å². The molecule has 0 aliphatic carbocycles. The van der Waals surface area contributed by atoms with Gasteiger partial charge in [0.1, 0.15) is 5.76 Å². The van der Waals surface area contributed by atoms with Crippen molar-refractivity contribution in [2.75, 3.05) is 31.9 Å². The van der Waals surface area contributed by atoms with Crippen LogP contribution in [0.15, 0.2) is 27.8 Å². The molecule has 126 valence electrons. The summed E-state index contributed by atoms with van der Waals surface area (Å²) in [4.78, 5) is 7.16. The van der Waals surface area contributed by atoms with Crippen LogP contribution in [0.2, 0.25) is 0 Å². The van der Waals surface area contributed by atoms with Gasteiger partial charge in [-0.3, -0.25) is 4.99 Å². The fraction of sp³-hybridized carbons (Fsp3) is 0.688. The Labute approximate surface area is 155 Å². The van der Waals surface area contributed by atoms with Gasteiger partial charge >= 0.3 is 0 Å². The molecule has 2 rings (SSSR count). The average Bonchev–Trinajstić information content (AvgIpc) is 3.04. The summed E-state index contributed by atoms with van der Waals surface area (Å²) in [6, 6.07) is 3.96. The zero-order chi connectivity index (χ0) is 14.9. The van der Waals surface area contributed by atoms with Crippen LogP contribution in [-0.2, 0) is 6.42 Å². The predicted octanol–water partition coefficient (Wildman–Crippen LogP) is 3.62. The maximum absolute atomic E-state index is 5.38. The van der Waals surface area contributed by atoms with E-state index in [-0.39, 0.29) is 24.0 Å². The topological polar surface area (TPSA) is 40.8 Å². The third-order valence-corrected chi connectivity index (χ3v) is 4.99. The van der Waals surface area contributed by atoms with Crippen molar-refractivity contribution in [3.63, 3.8) is 0 Å². The Kier molecular flexibility index (Phi) is 10.0. The molecular formula is C16H28IN3OS. The van der Waals surface area contributed by atoms with E-state index in [0.717, 1.165) is 56.0 Å². The van der Waals surface area contributed by atoms with E-state index >= 15 is 0 Å². The van der Waals surface area contributed by atoms with Crippen molar-refractivity contribution in [2.45, 2.75) is 38.4 Å². The van der Waals surface area contributed by atoms with Crippen LogP contribution in [0.4, 0.5) is 0 Å². The van der Waals surface area contributed by atoms with Crippen LogP contribution in [0.5, 0.6) is 0 Å². The minimum atomic E-state index is 0. The molecule has 1 N–H and O–H groups in total. The van der Waals surface area contributed by atoms with Crippen LogP contribution >= 0.6 is 35.7 Å². The summed E-state index contributed by atoms with van der Waals surface area (Å²) in [7, 11) is 0. The fourth-order valence-corrected chi connectivity index (χ4v) is 3.58. The number of thioether (sulfide) groups is 1. The molecule has 0 spiro atoms. The molecule has 1 saturated heterocycles. The van der Waals surface area contributed by atoms with E-state index < -0.39 is 0 Å². The van der Waals surface area contributed by atoms with Crippen molar-refractivity contribution >= 4 is 41.7 Å². The molecule has 0 amide bonds. The molecular weight excluding hydrogens is 409 g/mol. The molecule has 1 atom stereocenters. The quantitative estimate of drug-likeness (QED) is 0.419. The van der Waals surface area contributed by atoms with Crippen molar-refractivity contribution in [1.82, 2.24) is 10.2 Å². The van der Waals surface area contributed by atoms with Crippen molar-refractivity contribution in [3.05, 3.63) is 24.2 Å². The fourth-order valence-electron chi connectivity index (χ4n) is 2.40. The van der Waals surface area contributed by atoms with E-state index in [1.807, 2.05) is 12.1 Å². The molecule has 1 aliphatic heterocycles. The molecule has 0 bridgehead atoms. The van der Waals surface area contributed by atoms with E-state index in [1.54, 1.807) is 6.26 Å². The molecule has 0 radical (unpaired) electrons. The van der Waals surface area contributed by atoms with Crippen molar-refractivity contribution in [1.29, 1.82) is 0 Å². The number of furan rings is 1. The Balaban J connectivity index is 0.00000242. The van der Waals surface area contributed by atoms with Gasteiger partial charge in [0.15, 0.2) is 5.96 Å². The van der Waals surface area contributed by atoms with Crippen LogP contribution in [0.25, 0.3) is 0 Å². The summed E-state index contributed by atoms with van der Waals surface area (Å²) in [5, 5.41) is 4.25. The third kappa shape index (κ3) is 6.40. The second-order valence-electron chi connectivity index (χ2n) is 5.31. The number of aliphatic imine (C=N–C) groups is 1. The summed E-state index contributed by atoms with van der Waals surface area (Å²) < 4.78 is 5.38. The summed E-state index contributed by atoms with van der Waals surface area (Å²) in [5.41, 5.74) is 0. The van der Waals surface area contributed by atoms with E-state index in [1.165, 1.54) is 12.2 Å². The molecule has 1 aliphatic rings. The first kappa shape index (κ1) is 19.7. The van der Waals surface area contributed by atoms with Gasteiger partial charge in [-0.2, -0.15) is 11.8 Å². The number of nitrogens with zero attached hydrogens (tertiary/aromatic N) is 2. The van der Waals surface area contributed by atoms with E-state index in [2.05, 4.69) is 35.8 Å². The van der Waals surface area contributed by atoms with Crippen molar-refractivity contribution in [3.8, 4) is 0 Å². The average molecular weight is 437 g/mol. The highest BCUT2D eigenvalue weighted by molar-refractivity contribution is 14.0. The van der Waals surface area contributed by atoms with Gasteiger partial charge in [0, 0.05) is 43.6 Å². The first-order chi connectivity index (χ1) is 10.3. The third-order valence-electron chi connectivity index (χ3n) is 3.61. The first-order valence-electron chi connectivity index (χ1n) is 8.00. The van der Waals surface area contributed by atoms with Crippen LogP contribution in [0.3, 0.4) is 0 Å². The van der Waals surface area contributed by atoms with Crippen LogP contribution < -0.4 is 5.32 Å². The van der Waals surface area contributed by atoms with Gasteiger partial charge in [-0.25, -0.2) is 0 Å². The minimum absolute atomic E-state index is 0. The number of guanidine groups is 1. The summed E-state index contributed by atoms with van der Waals surface area (Å²) in [5.74, 6) is 3.30. The van der Waals surface area contributed by atoms with Crippen molar-refractivity contribution < 1.29 is 4.42 Å². The molecule has 6 heteroatoms. The van der Waals surface area contributed by atoms with Gasteiger partial charge in [0.25, 0.3) is 0 Å². The Bertz CT molecular complexity index is 425. The summed E-state index contributed by atoms with van der Waals surface area (Å²) in [6.45, 7) is 8.41. The molecule has 1 unspecified atom stereocenters. The number of hydrogen-bond acceptors (Lipinski definition) is 3. The molecule has 4 nitrogen and oxygen atoms in total. The smallest absolute Gasteiger partial charge is 0.193 e. The van der Waals surface area contributed by atoms with E-state index in [4.69, 9.17) is 9.41 Å². The molecule has 1 aromatic heterocycles. The highest BCUT2D eigenvalue weighted by atomic mass is 127. The SMILES string of the molecule is CCCN=C(NCCc1ccco1)N1CCSC(CC)C1.I. The lowest BCUT2D eigenvalue weighted by atomic mass is 10.3. The molecule has 1 aromatic rings. The Morgan fingerprint density at radius 2 is 2.36 bits per heavy atom. The highest BCUT2D eigenvalue weighted by Gasteiger charge is 2.21. The second kappa shape index (κ2) is 11.2. The summed E-state index contributed by atoms with van der Waals surface area (Å²) >= 11 is 2.09. The zero-order valence-electron chi connectivity index (χ0n) is 13.6. The monoisotopic (exact) mass is 437 g/mol. The number of hydrogen-bond donors (Lipinski definition) is 1.